The van der Waals surface area contributed by atoms with Crippen LogP contribution in [-0.4, -0.2) is 24.5 Å². The molecule has 0 saturated carbocycles. The van der Waals surface area contributed by atoms with Crippen LogP contribution in [0.25, 0.3) is 0 Å². The van der Waals surface area contributed by atoms with E-state index in [-0.39, 0.29) is 0 Å². The summed E-state index contributed by atoms with van der Waals surface area (Å²) < 4.78 is 31.7. The van der Waals surface area contributed by atoms with E-state index >= 15 is 0 Å². The second kappa shape index (κ2) is 3.90. The number of urea groups is 1. The average molecular weight is 212 g/mol. The lowest BCUT2D eigenvalue weighted by molar-refractivity contribution is 0.161. The van der Waals surface area contributed by atoms with E-state index in [1.807, 2.05) is 0 Å². The number of rotatable bonds is 2. The highest BCUT2D eigenvalue weighted by Crippen LogP contribution is 1.97. The second-order valence-corrected chi connectivity index (χ2v) is 4.34. The number of carbonyl (C=O) groups is 1. The summed E-state index contributed by atoms with van der Waals surface area (Å²) in [6, 6.07) is -0.856. The second-order valence-electron chi connectivity index (χ2n) is 3.32. The lowest BCUT2D eigenvalue weighted by atomic mass is 10.1. The summed E-state index contributed by atoms with van der Waals surface area (Å²) in [5.41, 5.74) is 0.970. The molecule has 78 valence electrons. The van der Waals surface area contributed by atoms with Crippen molar-refractivity contribution in [2.45, 2.75) is 26.3 Å². The van der Waals surface area contributed by atoms with Gasteiger partial charge in [0.1, 0.15) is 0 Å². The molecule has 0 spiro atoms. The SMILES string of the molecule is CC(C)(C)NC(=O)NOS(=O)(=O)O. The van der Waals surface area contributed by atoms with E-state index in [0.717, 1.165) is 0 Å². The summed E-state index contributed by atoms with van der Waals surface area (Å²) in [6.45, 7) is 5.08. The molecule has 0 bridgehead atoms. The van der Waals surface area contributed by atoms with Crippen LogP contribution >= 0.6 is 0 Å². The van der Waals surface area contributed by atoms with Crippen molar-refractivity contribution in [3.05, 3.63) is 0 Å². The first kappa shape index (κ1) is 12.1. The van der Waals surface area contributed by atoms with E-state index in [9.17, 15) is 13.2 Å². The van der Waals surface area contributed by atoms with Crippen LogP contribution < -0.4 is 10.8 Å². The van der Waals surface area contributed by atoms with Crippen molar-refractivity contribution in [1.29, 1.82) is 0 Å². The van der Waals surface area contributed by atoms with Crippen LogP contribution in [0, 0.1) is 0 Å². The Labute approximate surface area is 76.4 Å². The van der Waals surface area contributed by atoms with E-state index in [2.05, 4.69) is 9.60 Å². The Morgan fingerprint density at radius 2 is 1.85 bits per heavy atom. The Hall–Kier alpha value is -0.860. The van der Waals surface area contributed by atoms with Crippen LogP contribution in [0.15, 0.2) is 0 Å². The Morgan fingerprint density at radius 3 is 2.15 bits per heavy atom. The number of hydrogen-bond acceptors (Lipinski definition) is 4. The number of amides is 2. The zero-order chi connectivity index (χ0) is 10.7. The highest BCUT2D eigenvalue weighted by atomic mass is 32.3. The van der Waals surface area contributed by atoms with Crippen molar-refractivity contribution in [3.63, 3.8) is 0 Å². The number of carbonyl (C=O) groups excluding carboxylic acids is 1. The molecule has 0 saturated heterocycles. The van der Waals surface area contributed by atoms with Crippen LogP contribution in [0.2, 0.25) is 0 Å². The predicted octanol–water partition coefficient (Wildman–Crippen LogP) is -0.181. The van der Waals surface area contributed by atoms with E-state index < -0.39 is 22.0 Å². The Bertz CT molecular complexity index is 278. The third-order valence-corrected chi connectivity index (χ3v) is 1.02. The van der Waals surface area contributed by atoms with Gasteiger partial charge in [-0.15, -0.1) is 4.28 Å². The lowest BCUT2D eigenvalue weighted by Crippen LogP contribution is -2.46. The third-order valence-electron chi connectivity index (χ3n) is 0.728. The molecule has 2 amide bonds. The molecule has 0 aliphatic carbocycles. The molecule has 0 aromatic rings. The van der Waals surface area contributed by atoms with Gasteiger partial charge in [-0.25, -0.2) is 4.79 Å². The van der Waals surface area contributed by atoms with Crippen molar-refractivity contribution >= 4 is 16.4 Å². The van der Waals surface area contributed by atoms with Crippen LogP contribution in [0.3, 0.4) is 0 Å². The van der Waals surface area contributed by atoms with Gasteiger partial charge >= 0.3 is 16.4 Å². The zero-order valence-electron chi connectivity index (χ0n) is 7.49. The van der Waals surface area contributed by atoms with Crippen molar-refractivity contribution in [2.75, 3.05) is 0 Å². The molecule has 0 aromatic heterocycles. The lowest BCUT2D eigenvalue weighted by Gasteiger charge is -2.19. The molecular weight excluding hydrogens is 200 g/mol. The standard InChI is InChI=1S/C5H12N2O5S/c1-5(2,3)6-4(8)7-12-13(9,10)11/h1-3H3,(H2,6,7,8)(H,9,10,11). The minimum Gasteiger partial charge on any atom is -0.332 e. The summed E-state index contributed by atoms with van der Waals surface area (Å²) in [5, 5.41) is 2.34. The Kier molecular flexibility index (Phi) is 3.64. The van der Waals surface area contributed by atoms with Gasteiger partial charge < -0.3 is 5.32 Å². The van der Waals surface area contributed by atoms with E-state index in [1.165, 1.54) is 5.48 Å². The molecule has 8 heteroatoms. The molecule has 0 atom stereocenters. The fourth-order valence-corrected chi connectivity index (χ4v) is 0.638. The summed E-state index contributed by atoms with van der Waals surface area (Å²) >= 11 is 0. The van der Waals surface area contributed by atoms with Gasteiger partial charge in [-0.1, -0.05) is 0 Å². The van der Waals surface area contributed by atoms with Crippen molar-refractivity contribution < 1.29 is 22.0 Å². The molecule has 13 heavy (non-hydrogen) atoms. The zero-order valence-corrected chi connectivity index (χ0v) is 8.30. The van der Waals surface area contributed by atoms with Crippen LogP contribution in [0.4, 0.5) is 4.79 Å². The van der Waals surface area contributed by atoms with Gasteiger partial charge in [0.25, 0.3) is 0 Å². The summed E-state index contributed by atoms with van der Waals surface area (Å²) in [4.78, 5) is 10.8. The maximum Gasteiger partial charge on any atom is 0.418 e. The molecule has 0 fully saturated rings. The molecule has 0 rings (SSSR count). The molecular formula is C5H12N2O5S. The van der Waals surface area contributed by atoms with Gasteiger partial charge in [-0.3, -0.25) is 4.55 Å². The number of nitrogens with one attached hydrogen (secondary N) is 2. The smallest absolute Gasteiger partial charge is 0.332 e. The van der Waals surface area contributed by atoms with Crippen molar-refractivity contribution in [1.82, 2.24) is 10.8 Å². The summed E-state index contributed by atoms with van der Waals surface area (Å²) in [5.74, 6) is 0. The molecule has 3 N–H and O–H groups in total. The van der Waals surface area contributed by atoms with Crippen LogP contribution in [0.1, 0.15) is 20.8 Å². The fourth-order valence-electron chi connectivity index (χ4n) is 0.457. The Balaban J connectivity index is 3.92. The maximum atomic E-state index is 10.8. The van der Waals surface area contributed by atoms with Gasteiger partial charge in [0.2, 0.25) is 0 Å². The molecule has 0 aliphatic heterocycles. The average Bonchev–Trinajstić information content (AvgIpc) is 1.78. The highest BCUT2D eigenvalue weighted by molar-refractivity contribution is 7.80. The van der Waals surface area contributed by atoms with Gasteiger partial charge in [-0.2, -0.15) is 13.9 Å². The Morgan fingerprint density at radius 1 is 1.38 bits per heavy atom. The quantitative estimate of drug-likeness (QED) is 0.435. The van der Waals surface area contributed by atoms with Crippen molar-refractivity contribution in [2.24, 2.45) is 0 Å². The highest BCUT2D eigenvalue weighted by Gasteiger charge is 2.15. The first-order valence-corrected chi connectivity index (χ1v) is 4.71. The van der Waals surface area contributed by atoms with Gasteiger partial charge in [0.15, 0.2) is 0 Å². The monoisotopic (exact) mass is 212 g/mol. The van der Waals surface area contributed by atoms with Crippen molar-refractivity contribution in [3.8, 4) is 0 Å². The van der Waals surface area contributed by atoms with Gasteiger partial charge in [-0.05, 0) is 20.8 Å². The van der Waals surface area contributed by atoms with Crippen LogP contribution in [0.5, 0.6) is 0 Å². The minimum absolute atomic E-state index is 0.521. The van der Waals surface area contributed by atoms with E-state index in [4.69, 9.17) is 4.55 Å². The molecule has 0 aliphatic rings. The van der Waals surface area contributed by atoms with E-state index in [0.29, 0.717) is 0 Å². The van der Waals surface area contributed by atoms with E-state index in [1.54, 1.807) is 20.8 Å². The number of hydroxylamine groups is 1. The molecule has 0 radical (unpaired) electrons. The molecule has 0 heterocycles. The first-order chi connectivity index (χ1) is 5.60. The minimum atomic E-state index is -4.65. The van der Waals surface area contributed by atoms with Crippen LogP contribution in [-0.2, 0) is 14.7 Å². The largest absolute Gasteiger partial charge is 0.418 e. The third kappa shape index (κ3) is 9.05. The summed E-state index contributed by atoms with van der Waals surface area (Å²) in [6.07, 6.45) is 0. The molecule has 0 aromatic carbocycles. The predicted molar refractivity (Wildman–Crippen MR) is 44.1 cm³/mol. The molecule has 7 nitrogen and oxygen atoms in total. The fraction of sp³-hybridized carbons (Fsp3) is 0.800. The van der Waals surface area contributed by atoms with Gasteiger partial charge in [0.05, 0.1) is 0 Å². The maximum absolute atomic E-state index is 10.8. The normalized spacial score (nSPS) is 12.3. The molecule has 0 unspecified atom stereocenters. The first-order valence-electron chi connectivity index (χ1n) is 3.34. The van der Waals surface area contributed by atoms with Gasteiger partial charge in [0, 0.05) is 5.54 Å². The topological polar surface area (TPSA) is 105 Å². The summed E-state index contributed by atoms with van der Waals surface area (Å²) in [7, 11) is -4.65. The number of hydrogen-bond donors (Lipinski definition) is 3.